The van der Waals surface area contributed by atoms with Gasteiger partial charge in [0.05, 0.1) is 47.8 Å². The number of nitrogens with zero attached hydrogens (tertiary/aromatic N) is 6. The van der Waals surface area contributed by atoms with Crippen LogP contribution in [-0.4, -0.2) is 62.6 Å². The Hall–Kier alpha value is -4.15. The molecule has 7 rings (SSSR count). The van der Waals surface area contributed by atoms with Crippen molar-refractivity contribution in [2.24, 2.45) is 11.8 Å². The van der Waals surface area contributed by atoms with E-state index in [-0.39, 0.29) is 17.8 Å². The zero-order valence-electron chi connectivity index (χ0n) is 22.4. The second-order valence-electron chi connectivity index (χ2n) is 10.5. The molecule has 206 valence electrons. The molecule has 0 N–H and O–H groups in total. The van der Waals surface area contributed by atoms with Crippen LogP contribution in [0.5, 0.6) is 5.75 Å². The van der Waals surface area contributed by atoms with Crippen molar-refractivity contribution in [2.75, 3.05) is 26.8 Å². The summed E-state index contributed by atoms with van der Waals surface area (Å²) in [6, 6.07) is 14.5. The second kappa shape index (κ2) is 11.1. The van der Waals surface area contributed by atoms with Crippen LogP contribution in [-0.2, 0) is 11.2 Å². The van der Waals surface area contributed by atoms with E-state index in [0.29, 0.717) is 30.6 Å². The number of aromatic nitrogens is 4. The van der Waals surface area contributed by atoms with Gasteiger partial charge in [0.2, 0.25) is 0 Å². The lowest BCUT2D eigenvalue weighted by atomic mass is 9.73. The highest BCUT2D eigenvalue weighted by Crippen LogP contribution is 2.43. The number of nitro groups is 1. The highest BCUT2D eigenvalue weighted by molar-refractivity contribution is 5.84. The van der Waals surface area contributed by atoms with Crippen LogP contribution in [0.25, 0.3) is 16.6 Å². The van der Waals surface area contributed by atoms with E-state index in [1.165, 1.54) is 18.6 Å². The molecule has 0 aliphatic carbocycles. The Bertz CT molecular complexity index is 1520. The van der Waals surface area contributed by atoms with Crippen molar-refractivity contribution in [3.63, 3.8) is 0 Å². The summed E-state index contributed by atoms with van der Waals surface area (Å²) in [5.41, 5.74) is 3.57. The first-order valence-electron chi connectivity index (χ1n) is 13.6. The van der Waals surface area contributed by atoms with Crippen LogP contribution in [0, 0.1) is 22.0 Å². The molecule has 5 atom stereocenters. The lowest BCUT2D eigenvalue weighted by Gasteiger charge is -2.51. The average molecular weight is 541 g/mol. The Labute approximate surface area is 232 Å². The van der Waals surface area contributed by atoms with Crippen LogP contribution in [0.4, 0.5) is 5.69 Å². The quantitative estimate of drug-likeness (QED) is 0.158. The van der Waals surface area contributed by atoms with Gasteiger partial charge in [0.25, 0.3) is 5.69 Å². The molecular weight excluding hydrogens is 508 g/mol. The van der Waals surface area contributed by atoms with E-state index >= 15 is 0 Å². The molecule has 2 aromatic heterocycles. The zero-order valence-corrected chi connectivity index (χ0v) is 22.4. The van der Waals surface area contributed by atoms with Crippen molar-refractivity contribution in [2.45, 2.75) is 31.4 Å². The number of nitro benzene ring substituents is 1. The normalized spacial score (nSPS) is 22.7. The molecule has 1 unspecified atom stereocenters. The van der Waals surface area contributed by atoms with Crippen LogP contribution in [0.3, 0.4) is 0 Å². The molecule has 10 heteroatoms. The molecule has 3 aliphatic rings. The molecule has 40 heavy (non-hydrogen) atoms. The minimum Gasteiger partial charge on any atom is -0.497 e. The van der Waals surface area contributed by atoms with Gasteiger partial charge in [-0.15, -0.1) is 11.7 Å². The van der Waals surface area contributed by atoms with Crippen LogP contribution >= 0.6 is 0 Å². The highest BCUT2D eigenvalue weighted by atomic mass is 16.6. The van der Waals surface area contributed by atoms with E-state index in [0.717, 1.165) is 47.4 Å². The molecule has 0 spiro atoms. The minimum atomic E-state index is -0.418. The van der Waals surface area contributed by atoms with E-state index < -0.39 is 4.92 Å². The number of benzene rings is 2. The number of pyridine rings is 1. The van der Waals surface area contributed by atoms with Crippen LogP contribution in [0.15, 0.2) is 73.6 Å². The third kappa shape index (κ3) is 5.07. The molecular formula is C30H32N6O4. The van der Waals surface area contributed by atoms with Gasteiger partial charge in [-0.05, 0) is 73.2 Å². The van der Waals surface area contributed by atoms with Crippen molar-refractivity contribution in [3.8, 4) is 11.4 Å². The molecule has 4 aromatic rings. The van der Waals surface area contributed by atoms with Gasteiger partial charge in [-0.25, -0.2) is 4.68 Å². The summed E-state index contributed by atoms with van der Waals surface area (Å²) in [6.07, 6.45) is 8.51. The van der Waals surface area contributed by atoms with Crippen molar-refractivity contribution in [1.29, 1.82) is 0 Å². The molecule has 2 bridgehead atoms. The number of ether oxygens (including phenoxy) is 2. The smallest absolute Gasteiger partial charge is 0.269 e. The van der Waals surface area contributed by atoms with Crippen molar-refractivity contribution in [3.05, 3.63) is 95.0 Å². The molecule has 0 amide bonds. The summed E-state index contributed by atoms with van der Waals surface area (Å²) < 4.78 is 13.9. The Kier molecular flexibility index (Phi) is 7.27. The lowest BCUT2D eigenvalue weighted by molar-refractivity contribution is -0.384. The maximum absolute atomic E-state index is 11.0. The van der Waals surface area contributed by atoms with E-state index in [1.807, 2.05) is 30.6 Å². The van der Waals surface area contributed by atoms with E-state index in [4.69, 9.17) is 9.47 Å². The van der Waals surface area contributed by atoms with Crippen molar-refractivity contribution in [1.82, 2.24) is 24.9 Å². The Balaban J connectivity index is 1.24. The summed E-state index contributed by atoms with van der Waals surface area (Å²) in [7, 11) is 1.68. The standard InChI is InChI=1S/C30H32N6O4/c1-3-20-18-34-14-11-21(20)16-29(34)30(26-10-13-31-28-9-8-25(39-2)17-27(26)28)40-15-12-22-19-35(33-32-22)23-4-6-24(7-5-23)36(37)38/h3-10,13,17,19-21,29-30H,1,11-12,14-16,18H2,2H3/t20-,21-,29+,30+/m0/s1. The SMILES string of the molecule is C=C[C@H]1CN2CC[C@H]1C[C@@H]2[C@H](OCCc1cn(-c2ccc([N+](=O)[O-])cc2)nn1)c1ccnc2ccc(OC)cc12. The fourth-order valence-electron chi connectivity index (χ4n) is 6.18. The predicted molar refractivity (Wildman–Crippen MR) is 150 cm³/mol. The van der Waals surface area contributed by atoms with Gasteiger partial charge in [0, 0.05) is 42.7 Å². The predicted octanol–water partition coefficient (Wildman–Crippen LogP) is 4.93. The zero-order chi connectivity index (χ0) is 27.6. The first-order chi connectivity index (χ1) is 19.5. The number of methoxy groups -OCH3 is 1. The fraction of sp³-hybridized carbons (Fsp3) is 0.367. The van der Waals surface area contributed by atoms with Gasteiger partial charge < -0.3 is 9.47 Å². The van der Waals surface area contributed by atoms with Crippen LogP contribution in [0.1, 0.15) is 30.2 Å². The molecule has 10 nitrogen and oxygen atoms in total. The summed E-state index contributed by atoms with van der Waals surface area (Å²) in [4.78, 5) is 17.7. The van der Waals surface area contributed by atoms with Crippen molar-refractivity contribution >= 4 is 16.6 Å². The van der Waals surface area contributed by atoms with E-state index in [2.05, 4.69) is 38.9 Å². The molecule has 5 heterocycles. The molecule has 3 saturated heterocycles. The first kappa shape index (κ1) is 26.1. The fourth-order valence-corrected chi connectivity index (χ4v) is 6.18. The van der Waals surface area contributed by atoms with E-state index in [1.54, 1.807) is 23.9 Å². The van der Waals surface area contributed by atoms with Gasteiger partial charge in [-0.3, -0.25) is 20.0 Å². The number of rotatable bonds is 10. The summed E-state index contributed by atoms with van der Waals surface area (Å²) in [6.45, 7) is 6.63. The second-order valence-corrected chi connectivity index (χ2v) is 10.5. The highest BCUT2D eigenvalue weighted by Gasteiger charge is 2.43. The van der Waals surface area contributed by atoms with Crippen molar-refractivity contribution < 1.29 is 14.4 Å². The average Bonchev–Trinajstić information content (AvgIpc) is 3.48. The van der Waals surface area contributed by atoms with Gasteiger partial charge in [-0.2, -0.15) is 0 Å². The van der Waals surface area contributed by atoms with Gasteiger partial charge in [0.15, 0.2) is 0 Å². The minimum absolute atomic E-state index is 0.0383. The third-order valence-corrected chi connectivity index (χ3v) is 8.31. The number of fused-ring (bicyclic) bond motifs is 4. The Morgan fingerprint density at radius 2 is 2.08 bits per heavy atom. The number of piperidine rings is 3. The molecule has 0 saturated carbocycles. The lowest BCUT2D eigenvalue weighted by Crippen LogP contribution is -2.55. The molecule has 3 aliphatic heterocycles. The van der Waals surface area contributed by atoms with Crippen LogP contribution in [0.2, 0.25) is 0 Å². The molecule has 3 fully saturated rings. The topological polar surface area (TPSA) is 108 Å². The van der Waals surface area contributed by atoms with Gasteiger partial charge in [0.1, 0.15) is 5.75 Å². The maximum Gasteiger partial charge on any atom is 0.269 e. The Morgan fingerprint density at radius 3 is 2.80 bits per heavy atom. The number of non-ortho nitro benzene ring substituents is 1. The third-order valence-electron chi connectivity index (χ3n) is 8.31. The first-order valence-corrected chi connectivity index (χ1v) is 13.6. The number of hydrogen-bond donors (Lipinski definition) is 0. The van der Waals surface area contributed by atoms with Gasteiger partial charge in [-0.1, -0.05) is 11.3 Å². The Morgan fingerprint density at radius 1 is 1.23 bits per heavy atom. The summed E-state index contributed by atoms with van der Waals surface area (Å²) in [5.74, 6) is 1.93. The largest absolute Gasteiger partial charge is 0.497 e. The van der Waals surface area contributed by atoms with Crippen LogP contribution < -0.4 is 4.74 Å². The molecule has 2 aromatic carbocycles. The van der Waals surface area contributed by atoms with E-state index in [9.17, 15) is 10.1 Å². The summed E-state index contributed by atoms with van der Waals surface area (Å²) >= 11 is 0. The maximum atomic E-state index is 11.0. The number of hydrogen-bond acceptors (Lipinski definition) is 8. The van der Waals surface area contributed by atoms with Gasteiger partial charge >= 0.3 is 0 Å². The summed E-state index contributed by atoms with van der Waals surface area (Å²) in [5, 5.41) is 20.5. The molecule has 0 radical (unpaired) electrons. The monoisotopic (exact) mass is 540 g/mol.